The molecule has 3 heteroatoms. The van der Waals surface area contributed by atoms with Gasteiger partial charge in [-0.05, 0) is 29.8 Å². The number of anilines is 1. The summed E-state index contributed by atoms with van der Waals surface area (Å²) in [6.45, 7) is 0. The highest BCUT2D eigenvalue weighted by Gasteiger charge is 2.18. The van der Waals surface area contributed by atoms with Gasteiger partial charge < -0.3 is 5.32 Å². The Kier molecular flexibility index (Phi) is 2.77. The van der Waals surface area contributed by atoms with Gasteiger partial charge in [0.25, 0.3) is 0 Å². The van der Waals surface area contributed by atoms with Crippen LogP contribution >= 0.6 is 11.8 Å². The predicted molar refractivity (Wildman–Crippen MR) is 69.9 cm³/mol. The van der Waals surface area contributed by atoms with Crippen molar-refractivity contribution in [1.82, 2.24) is 0 Å². The fourth-order valence-electron chi connectivity index (χ4n) is 1.99. The van der Waals surface area contributed by atoms with Gasteiger partial charge in [-0.2, -0.15) is 0 Å². The molecule has 1 aliphatic rings. The van der Waals surface area contributed by atoms with Crippen molar-refractivity contribution in [3.05, 3.63) is 59.9 Å². The van der Waals surface area contributed by atoms with Crippen LogP contribution in [0.25, 0.3) is 0 Å². The highest BCUT2D eigenvalue weighted by Crippen LogP contribution is 2.37. The van der Waals surface area contributed by atoms with Gasteiger partial charge in [0.05, 0.1) is 6.04 Å². The number of thioether (sulfide) groups is 1. The normalized spacial score (nSPS) is 18.3. The van der Waals surface area contributed by atoms with E-state index in [1.807, 2.05) is 36.0 Å². The van der Waals surface area contributed by atoms with Crippen molar-refractivity contribution in [1.29, 1.82) is 0 Å². The third-order valence-corrected chi connectivity index (χ3v) is 4.06. The Balaban J connectivity index is 1.86. The Morgan fingerprint density at radius 2 is 1.82 bits per heavy atom. The maximum absolute atomic E-state index is 12.9. The van der Waals surface area contributed by atoms with Crippen LogP contribution in [-0.2, 0) is 0 Å². The molecule has 0 fully saturated rings. The Labute approximate surface area is 104 Å². The van der Waals surface area contributed by atoms with Gasteiger partial charge in [0.15, 0.2) is 0 Å². The van der Waals surface area contributed by atoms with E-state index < -0.39 is 0 Å². The van der Waals surface area contributed by atoms with Crippen molar-refractivity contribution in [3.8, 4) is 0 Å². The second-order valence-electron chi connectivity index (χ2n) is 4.06. The summed E-state index contributed by atoms with van der Waals surface area (Å²) in [5.41, 5.74) is 2.30. The zero-order valence-electron chi connectivity index (χ0n) is 9.19. The van der Waals surface area contributed by atoms with Crippen molar-refractivity contribution < 1.29 is 4.39 Å². The second-order valence-corrected chi connectivity index (χ2v) is 5.12. The molecular weight excluding hydrogens is 233 g/mol. The Hall–Kier alpha value is -1.48. The maximum atomic E-state index is 12.9. The van der Waals surface area contributed by atoms with Crippen LogP contribution in [0.4, 0.5) is 10.1 Å². The summed E-state index contributed by atoms with van der Waals surface area (Å²) in [7, 11) is 0. The number of rotatable bonds is 1. The number of hydrogen-bond acceptors (Lipinski definition) is 2. The first-order valence-electron chi connectivity index (χ1n) is 5.57. The summed E-state index contributed by atoms with van der Waals surface area (Å²) in [6.07, 6.45) is 0. The molecule has 86 valence electrons. The minimum Gasteiger partial charge on any atom is -0.376 e. The summed E-state index contributed by atoms with van der Waals surface area (Å²) in [5, 5.41) is 3.49. The van der Waals surface area contributed by atoms with E-state index in [1.165, 1.54) is 17.0 Å². The lowest BCUT2D eigenvalue weighted by molar-refractivity contribution is 0.626. The molecule has 0 aliphatic carbocycles. The number of fused-ring (bicyclic) bond motifs is 1. The van der Waals surface area contributed by atoms with Gasteiger partial charge in [-0.25, -0.2) is 4.39 Å². The summed E-state index contributed by atoms with van der Waals surface area (Å²) in [4.78, 5) is 1.28. The molecule has 0 aromatic heterocycles. The van der Waals surface area contributed by atoms with Gasteiger partial charge in [-0.3, -0.25) is 0 Å². The Morgan fingerprint density at radius 3 is 2.65 bits per heavy atom. The van der Waals surface area contributed by atoms with Gasteiger partial charge in [-0.15, -0.1) is 11.8 Å². The highest BCUT2D eigenvalue weighted by atomic mass is 32.2. The zero-order chi connectivity index (χ0) is 11.7. The molecule has 2 aromatic carbocycles. The first kappa shape index (κ1) is 10.7. The van der Waals surface area contributed by atoms with Crippen LogP contribution in [-0.4, -0.2) is 5.75 Å². The van der Waals surface area contributed by atoms with E-state index in [0.29, 0.717) is 0 Å². The topological polar surface area (TPSA) is 12.0 Å². The van der Waals surface area contributed by atoms with E-state index in [9.17, 15) is 4.39 Å². The number of halogens is 1. The molecule has 0 spiro atoms. The van der Waals surface area contributed by atoms with Crippen molar-refractivity contribution in [3.63, 3.8) is 0 Å². The lowest BCUT2D eigenvalue weighted by Gasteiger charge is -2.26. The Morgan fingerprint density at radius 1 is 1.06 bits per heavy atom. The summed E-state index contributed by atoms with van der Waals surface area (Å²) in [6, 6.07) is 15.3. The average Bonchev–Trinajstić information content (AvgIpc) is 2.39. The number of benzene rings is 2. The lowest BCUT2D eigenvalue weighted by atomic mass is 10.1. The van der Waals surface area contributed by atoms with Crippen molar-refractivity contribution in [2.24, 2.45) is 0 Å². The first-order chi connectivity index (χ1) is 8.33. The van der Waals surface area contributed by atoms with E-state index in [-0.39, 0.29) is 11.9 Å². The van der Waals surface area contributed by atoms with Gasteiger partial charge in [-0.1, -0.05) is 24.3 Å². The quantitative estimate of drug-likeness (QED) is 0.812. The van der Waals surface area contributed by atoms with Crippen LogP contribution in [0, 0.1) is 5.82 Å². The maximum Gasteiger partial charge on any atom is 0.123 e. The average molecular weight is 245 g/mol. The fourth-order valence-corrected chi connectivity index (χ4v) is 3.07. The summed E-state index contributed by atoms with van der Waals surface area (Å²) in [5.74, 6) is 0.792. The SMILES string of the molecule is Fc1ccc([C@@H]2CSc3ccccc3N2)cc1. The predicted octanol–water partition coefficient (Wildman–Crippen LogP) is 4.08. The molecule has 1 nitrogen and oxygen atoms in total. The zero-order valence-corrected chi connectivity index (χ0v) is 10.0. The second kappa shape index (κ2) is 4.41. The third-order valence-electron chi connectivity index (χ3n) is 2.89. The fraction of sp³-hybridized carbons (Fsp3) is 0.143. The van der Waals surface area contributed by atoms with Gasteiger partial charge in [0.2, 0.25) is 0 Å². The van der Waals surface area contributed by atoms with E-state index in [2.05, 4.69) is 17.4 Å². The molecule has 0 unspecified atom stereocenters. The van der Waals surface area contributed by atoms with Gasteiger partial charge in [0.1, 0.15) is 5.82 Å². The molecule has 2 aromatic rings. The molecule has 0 amide bonds. The molecule has 0 bridgehead atoms. The smallest absolute Gasteiger partial charge is 0.123 e. The lowest BCUT2D eigenvalue weighted by Crippen LogP contribution is -2.17. The van der Waals surface area contributed by atoms with Crippen LogP contribution in [0.3, 0.4) is 0 Å². The molecule has 0 saturated heterocycles. The molecule has 17 heavy (non-hydrogen) atoms. The van der Waals surface area contributed by atoms with E-state index in [1.54, 1.807) is 0 Å². The third kappa shape index (κ3) is 2.15. The van der Waals surface area contributed by atoms with E-state index >= 15 is 0 Å². The van der Waals surface area contributed by atoms with Crippen LogP contribution in [0.1, 0.15) is 11.6 Å². The van der Waals surface area contributed by atoms with Crippen LogP contribution in [0.2, 0.25) is 0 Å². The Bertz CT molecular complexity index is 524. The number of para-hydroxylation sites is 1. The molecular formula is C14H12FNS. The number of hydrogen-bond donors (Lipinski definition) is 1. The van der Waals surface area contributed by atoms with Gasteiger partial charge in [0, 0.05) is 16.3 Å². The van der Waals surface area contributed by atoms with Crippen molar-refractivity contribution >= 4 is 17.4 Å². The molecule has 1 heterocycles. The molecule has 1 atom stereocenters. The van der Waals surface area contributed by atoms with Crippen molar-refractivity contribution in [2.45, 2.75) is 10.9 Å². The highest BCUT2D eigenvalue weighted by molar-refractivity contribution is 7.99. The van der Waals surface area contributed by atoms with Crippen LogP contribution in [0.15, 0.2) is 53.4 Å². The van der Waals surface area contributed by atoms with Crippen LogP contribution < -0.4 is 5.32 Å². The molecule has 0 radical (unpaired) electrons. The largest absolute Gasteiger partial charge is 0.376 e. The first-order valence-corrected chi connectivity index (χ1v) is 6.55. The molecule has 3 rings (SSSR count). The number of nitrogens with one attached hydrogen (secondary N) is 1. The summed E-state index contributed by atoms with van der Waals surface area (Å²) < 4.78 is 12.9. The van der Waals surface area contributed by atoms with Crippen LogP contribution in [0.5, 0.6) is 0 Å². The monoisotopic (exact) mass is 245 g/mol. The minimum atomic E-state index is -0.183. The molecule has 0 saturated carbocycles. The van der Waals surface area contributed by atoms with Gasteiger partial charge >= 0.3 is 0 Å². The van der Waals surface area contributed by atoms with E-state index in [4.69, 9.17) is 0 Å². The molecule has 1 N–H and O–H groups in total. The minimum absolute atomic E-state index is 0.183. The standard InChI is InChI=1S/C14H12FNS/c15-11-7-5-10(6-8-11)13-9-17-14-4-2-1-3-12(14)16-13/h1-8,13,16H,9H2/t13-/m0/s1. The van der Waals surface area contributed by atoms with Crippen molar-refractivity contribution in [2.75, 3.05) is 11.1 Å². The molecule has 1 aliphatic heterocycles. The summed E-state index contributed by atoms with van der Waals surface area (Å²) >= 11 is 1.84. The van der Waals surface area contributed by atoms with E-state index in [0.717, 1.165) is 17.0 Å².